The second-order valence-electron chi connectivity index (χ2n) is 4.21. The van der Waals surface area contributed by atoms with E-state index in [9.17, 15) is 4.39 Å². The number of anilines is 1. The lowest BCUT2D eigenvalue weighted by Gasteiger charge is -2.25. The van der Waals surface area contributed by atoms with Crippen molar-refractivity contribution < 1.29 is 4.39 Å². The number of hydrogen-bond donors (Lipinski definition) is 0. The molecule has 0 unspecified atom stereocenters. The summed E-state index contributed by atoms with van der Waals surface area (Å²) in [6.45, 7) is 5.97. The Labute approximate surface area is 94.9 Å². The number of nitrogens with zero attached hydrogens (tertiary/aromatic N) is 1. The Morgan fingerprint density at radius 1 is 1.40 bits per heavy atom. The highest BCUT2D eigenvalue weighted by atomic mass is 32.1. The number of benzene rings is 1. The third kappa shape index (κ3) is 1.55. The molecule has 0 spiro atoms. The molecule has 0 saturated carbocycles. The molecule has 80 valence electrons. The van der Waals surface area contributed by atoms with Gasteiger partial charge in [0.2, 0.25) is 0 Å². The van der Waals surface area contributed by atoms with Crippen LogP contribution in [-0.4, -0.2) is 11.0 Å². The van der Waals surface area contributed by atoms with Gasteiger partial charge in [-0.05, 0) is 32.4 Å². The smallest absolute Gasteiger partial charge is 0.128 e. The van der Waals surface area contributed by atoms with Crippen LogP contribution < -0.4 is 4.90 Å². The van der Waals surface area contributed by atoms with Crippen LogP contribution in [0.4, 0.5) is 10.1 Å². The van der Waals surface area contributed by atoms with Gasteiger partial charge in [0.25, 0.3) is 0 Å². The van der Waals surface area contributed by atoms with E-state index in [2.05, 4.69) is 18.7 Å². The highest BCUT2D eigenvalue weighted by molar-refractivity contribution is 7.80. The molecule has 0 aliphatic carbocycles. The monoisotopic (exact) mass is 223 g/mol. The number of thiocarbonyl (C=S) groups is 1. The molecule has 3 heteroatoms. The molecule has 0 atom stereocenters. The molecule has 0 N–H and O–H groups in total. The van der Waals surface area contributed by atoms with Gasteiger partial charge in [0, 0.05) is 18.0 Å². The van der Waals surface area contributed by atoms with E-state index in [0.717, 1.165) is 22.7 Å². The summed E-state index contributed by atoms with van der Waals surface area (Å²) in [4.78, 5) is 2.96. The van der Waals surface area contributed by atoms with Crippen LogP contribution in [0.2, 0.25) is 0 Å². The molecule has 1 heterocycles. The Balaban J connectivity index is 2.60. The van der Waals surface area contributed by atoms with Gasteiger partial charge in [0.1, 0.15) is 5.82 Å². The molecular weight excluding hydrogens is 209 g/mol. The predicted molar refractivity (Wildman–Crippen MR) is 65.1 cm³/mol. The number of fused-ring (bicyclic) bond motifs is 1. The van der Waals surface area contributed by atoms with Gasteiger partial charge in [-0.15, -0.1) is 0 Å². The van der Waals surface area contributed by atoms with Gasteiger partial charge in [-0.1, -0.05) is 18.3 Å². The van der Waals surface area contributed by atoms with E-state index >= 15 is 0 Å². The van der Waals surface area contributed by atoms with Gasteiger partial charge >= 0.3 is 0 Å². The van der Waals surface area contributed by atoms with Crippen LogP contribution in [0.15, 0.2) is 12.1 Å². The van der Waals surface area contributed by atoms with Crippen molar-refractivity contribution >= 4 is 22.9 Å². The largest absolute Gasteiger partial charge is 0.333 e. The molecule has 0 fully saturated rings. The maximum atomic E-state index is 13.5. The van der Waals surface area contributed by atoms with Crippen LogP contribution in [0.5, 0.6) is 0 Å². The predicted octanol–water partition coefficient (Wildman–Crippen LogP) is 3.23. The SMILES string of the molecule is Cc1c(F)ccc2c1N(C(C)C)C(=S)C2. The second kappa shape index (κ2) is 3.56. The van der Waals surface area contributed by atoms with Gasteiger partial charge in [-0.25, -0.2) is 4.39 Å². The minimum atomic E-state index is -0.149. The van der Waals surface area contributed by atoms with Crippen molar-refractivity contribution in [2.75, 3.05) is 4.90 Å². The Kier molecular flexibility index (Phi) is 2.51. The minimum absolute atomic E-state index is 0.149. The molecule has 1 aromatic rings. The lowest BCUT2D eigenvalue weighted by Crippen LogP contribution is -2.32. The van der Waals surface area contributed by atoms with E-state index in [1.165, 1.54) is 6.07 Å². The Hall–Kier alpha value is -0.960. The van der Waals surface area contributed by atoms with Crippen LogP contribution in [0.25, 0.3) is 0 Å². The van der Waals surface area contributed by atoms with Gasteiger partial charge in [-0.3, -0.25) is 0 Å². The summed E-state index contributed by atoms with van der Waals surface area (Å²) >= 11 is 5.33. The Bertz CT molecular complexity index is 426. The zero-order chi connectivity index (χ0) is 11.2. The van der Waals surface area contributed by atoms with Crippen LogP contribution in [0.3, 0.4) is 0 Å². The zero-order valence-corrected chi connectivity index (χ0v) is 9.99. The van der Waals surface area contributed by atoms with Gasteiger partial charge < -0.3 is 4.90 Å². The van der Waals surface area contributed by atoms with E-state index < -0.39 is 0 Å². The maximum absolute atomic E-state index is 13.5. The first-order chi connectivity index (χ1) is 7.02. The average Bonchev–Trinajstić information content (AvgIpc) is 2.49. The standard InChI is InChI=1S/C12H14FNS/c1-7(2)14-11(15)6-9-4-5-10(13)8(3)12(9)14/h4-5,7H,6H2,1-3H3. The fourth-order valence-corrected chi connectivity index (χ4v) is 2.59. The van der Waals surface area contributed by atoms with Crippen LogP contribution in [0.1, 0.15) is 25.0 Å². The lowest BCUT2D eigenvalue weighted by atomic mass is 10.1. The molecule has 1 nitrogen and oxygen atoms in total. The molecular formula is C12H14FNS. The molecule has 0 aromatic heterocycles. The van der Waals surface area contributed by atoms with E-state index in [0.29, 0.717) is 11.6 Å². The molecule has 1 aromatic carbocycles. The third-order valence-corrected chi connectivity index (χ3v) is 3.16. The van der Waals surface area contributed by atoms with E-state index in [1.807, 2.05) is 13.0 Å². The van der Waals surface area contributed by atoms with E-state index in [4.69, 9.17) is 12.2 Å². The van der Waals surface area contributed by atoms with Gasteiger partial charge in [-0.2, -0.15) is 0 Å². The van der Waals surface area contributed by atoms with Crippen LogP contribution >= 0.6 is 12.2 Å². The fraction of sp³-hybridized carbons (Fsp3) is 0.417. The first-order valence-corrected chi connectivity index (χ1v) is 5.53. The molecule has 0 amide bonds. The first kappa shape index (κ1) is 10.6. The summed E-state index contributed by atoms with van der Waals surface area (Å²) < 4.78 is 13.5. The Morgan fingerprint density at radius 2 is 2.07 bits per heavy atom. The second-order valence-corrected chi connectivity index (χ2v) is 4.69. The van der Waals surface area contributed by atoms with Crippen molar-refractivity contribution in [1.29, 1.82) is 0 Å². The van der Waals surface area contributed by atoms with Crippen molar-refractivity contribution in [2.24, 2.45) is 0 Å². The average molecular weight is 223 g/mol. The summed E-state index contributed by atoms with van der Waals surface area (Å²) in [6.07, 6.45) is 0.768. The first-order valence-electron chi connectivity index (χ1n) is 5.12. The number of rotatable bonds is 1. The fourth-order valence-electron chi connectivity index (χ4n) is 2.13. The zero-order valence-electron chi connectivity index (χ0n) is 9.17. The highest BCUT2D eigenvalue weighted by Gasteiger charge is 2.28. The van der Waals surface area contributed by atoms with Crippen molar-refractivity contribution in [3.8, 4) is 0 Å². The molecule has 2 rings (SSSR count). The molecule has 1 aliphatic rings. The van der Waals surface area contributed by atoms with Gasteiger partial charge in [0.05, 0.1) is 10.7 Å². The molecule has 15 heavy (non-hydrogen) atoms. The normalized spacial score (nSPS) is 15.0. The summed E-state index contributed by atoms with van der Waals surface area (Å²) in [5.74, 6) is -0.149. The Morgan fingerprint density at radius 3 is 2.67 bits per heavy atom. The molecule has 0 bridgehead atoms. The summed E-state index contributed by atoms with van der Waals surface area (Å²) in [5.41, 5.74) is 2.84. The quantitative estimate of drug-likeness (QED) is 0.672. The van der Waals surface area contributed by atoms with Crippen molar-refractivity contribution in [3.63, 3.8) is 0 Å². The molecule has 0 saturated heterocycles. The number of halogens is 1. The lowest BCUT2D eigenvalue weighted by molar-refractivity contribution is 0.617. The maximum Gasteiger partial charge on any atom is 0.128 e. The topological polar surface area (TPSA) is 3.24 Å². The summed E-state index contributed by atoms with van der Waals surface area (Å²) in [6, 6.07) is 3.66. The van der Waals surface area contributed by atoms with Gasteiger partial charge in [0.15, 0.2) is 0 Å². The van der Waals surface area contributed by atoms with Crippen molar-refractivity contribution in [1.82, 2.24) is 0 Å². The highest BCUT2D eigenvalue weighted by Crippen LogP contribution is 2.35. The minimum Gasteiger partial charge on any atom is -0.333 e. The van der Waals surface area contributed by atoms with Crippen LogP contribution in [0, 0.1) is 12.7 Å². The van der Waals surface area contributed by atoms with Crippen molar-refractivity contribution in [2.45, 2.75) is 33.2 Å². The van der Waals surface area contributed by atoms with E-state index in [1.54, 1.807) is 0 Å². The van der Waals surface area contributed by atoms with Crippen molar-refractivity contribution in [3.05, 3.63) is 29.1 Å². The summed E-state index contributed by atoms with van der Waals surface area (Å²) in [7, 11) is 0. The molecule has 1 aliphatic heterocycles. The number of hydrogen-bond acceptors (Lipinski definition) is 1. The van der Waals surface area contributed by atoms with Crippen LogP contribution in [-0.2, 0) is 6.42 Å². The molecule has 0 radical (unpaired) electrons. The summed E-state index contributed by atoms with van der Waals surface area (Å²) in [5, 5.41) is 0. The van der Waals surface area contributed by atoms with E-state index in [-0.39, 0.29) is 5.82 Å². The third-order valence-electron chi connectivity index (χ3n) is 2.82.